The highest BCUT2D eigenvalue weighted by molar-refractivity contribution is 5.82. The maximum absolute atomic E-state index is 15.2. The van der Waals surface area contributed by atoms with E-state index < -0.39 is 41.8 Å². The van der Waals surface area contributed by atoms with Crippen molar-refractivity contribution in [3.63, 3.8) is 0 Å². The minimum absolute atomic E-state index is 0.0175. The molecule has 154 valence electrons. The molecular weight excluding hydrogens is 388 g/mol. The molecule has 8 heteroatoms. The van der Waals surface area contributed by atoms with E-state index in [9.17, 15) is 18.0 Å². The molecule has 2 aliphatic rings. The first-order chi connectivity index (χ1) is 13.9. The van der Waals surface area contributed by atoms with Crippen molar-refractivity contribution < 1.29 is 32.8 Å². The summed E-state index contributed by atoms with van der Waals surface area (Å²) in [6.45, 7) is 0.370. The Hall–Kier alpha value is -2.45. The maximum atomic E-state index is 15.2. The van der Waals surface area contributed by atoms with Gasteiger partial charge in [0.1, 0.15) is 18.0 Å². The largest absolute Gasteiger partial charge is 0.368 e. The molecule has 0 bridgehead atoms. The molecule has 0 radical (unpaired) electrons. The molecule has 1 amide bonds. The first-order valence-electron chi connectivity index (χ1n) is 9.49. The third-order valence-corrected chi connectivity index (χ3v) is 5.74. The van der Waals surface area contributed by atoms with E-state index in [1.165, 1.54) is 35.2 Å². The Kier molecular flexibility index (Phi) is 5.31. The number of likely N-dealkylation sites (tertiary alicyclic amines) is 1. The lowest BCUT2D eigenvalue weighted by Crippen LogP contribution is -2.70. The van der Waals surface area contributed by atoms with Gasteiger partial charge in [-0.2, -0.15) is 0 Å². The monoisotopic (exact) mass is 409 g/mol. The van der Waals surface area contributed by atoms with Gasteiger partial charge in [-0.05, 0) is 11.6 Å². The molecule has 0 spiro atoms. The fraction of sp³-hybridized carbons (Fsp3) is 0.381. The molecule has 4 nitrogen and oxygen atoms in total. The van der Waals surface area contributed by atoms with Crippen molar-refractivity contribution in [2.75, 3.05) is 13.2 Å². The third-order valence-electron chi connectivity index (χ3n) is 5.74. The number of hydrogen-bond acceptors (Lipinski definition) is 2. The van der Waals surface area contributed by atoms with E-state index in [0.29, 0.717) is 13.0 Å². The van der Waals surface area contributed by atoms with E-state index in [4.69, 9.17) is 4.74 Å². The molecule has 3 N–H and O–H groups in total. The van der Waals surface area contributed by atoms with Crippen molar-refractivity contribution in [2.24, 2.45) is 0 Å². The van der Waals surface area contributed by atoms with Gasteiger partial charge >= 0.3 is 0 Å². The molecule has 1 unspecified atom stereocenters. The molecule has 2 aromatic rings. The summed E-state index contributed by atoms with van der Waals surface area (Å²) in [5.74, 6) is -3.25. The minimum Gasteiger partial charge on any atom is -0.368 e. The summed E-state index contributed by atoms with van der Waals surface area (Å²) in [5.41, 5.74) is 3.73. The van der Waals surface area contributed by atoms with Crippen molar-refractivity contribution in [3.8, 4) is 11.1 Å². The van der Waals surface area contributed by atoms with Crippen molar-refractivity contribution >= 4 is 5.91 Å². The van der Waals surface area contributed by atoms with Crippen LogP contribution in [-0.4, -0.2) is 48.3 Å². The van der Waals surface area contributed by atoms with Crippen LogP contribution in [0.2, 0.25) is 0 Å². The highest BCUT2D eigenvalue weighted by Gasteiger charge is 2.47. The molecule has 2 heterocycles. The number of halogens is 4. The molecule has 4 atom stereocenters. The summed E-state index contributed by atoms with van der Waals surface area (Å²) in [6.07, 6.45) is -1.32. The topological polar surface area (TPSA) is 57.2 Å². The smallest absolute Gasteiger partial charge is 0.252 e. The molecule has 4 rings (SSSR count). The summed E-state index contributed by atoms with van der Waals surface area (Å²) in [6, 6.07) is 6.56. The van der Waals surface area contributed by atoms with Crippen molar-refractivity contribution in [3.05, 3.63) is 59.4 Å². The van der Waals surface area contributed by atoms with Gasteiger partial charge in [-0.3, -0.25) is 4.79 Å². The summed E-state index contributed by atoms with van der Waals surface area (Å²) in [4.78, 5) is 14.0. The van der Waals surface area contributed by atoms with Crippen LogP contribution in [0.5, 0.6) is 0 Å². The molecule has 0 aromatic heterocycles. The highest BCUT2D eigenvalue weighted by atomic mass is 19.2. The minimum atomic E-state index is -1.32. The number of nitrogens with zero attached hydrogens (tertiary/aromatic N) is 1. The second-order valence-electron chi connectivity index (χ2n) is 7.47. The predicted octanol–water partition coefficient (Wildman–Crippen LogP) is 2.26. The van der Waals surface area contributed by atoms with Crippen LogP contribution in [0.15, 0.2) is 36.4 Å². The van der Waals surface area contributed by atoms with Gasteiger partial charge in [0.05, 0.1) is 19.2 Å². The number of benzene rings is 2. The van der Waals surface area contributed by atoms with Gasteiger partial charge in [-0.15, -0.1) is 0 Å². The number of amides is 1. The Morgan fingerprint density at radius 2 is 1.76 bits per heavy atom. The second-order valence-corrected chi connectivity index (χ2v) is 7.47. The third kappa shape index (κ3) is 3.51. The Morgan fingerprint density at radius 3 is 2.41 bits per heavy atom. The zero-order valence-corrected chi connectivity index (χ0v) is 15.6. The van der Waals surface area contributed by atoms with E-state index in [-0.39, 0.29) is 35.6 Å². The lowest BCUT2D eigenvalue weighted by molar-refractivity contribution is -0.432. The van der Waals surface area contributed by atoms with Crippen molar-refractivity contribution in [1.29, 1.82) is 0 Å². The molecule has 2 fully saturated rings. The molecular formula is C21H21F4N2O2+. The summed E-state index contributed by atoms with van der Waals surface area (Å²) >= 11 is 0. The van der Waals surface area contributed by atoms with E-state index >= 15 is 4.39 Å². The number of quaternary nitrogens is 1. The standard InChI is InChI=1S/C21H20F4N2O2/c22-14-6-2-5-13(19(14)25)12-4-1-3-11(18(12)24)9-16-20(26)15(23)10-27(16)21(28)17-7-8-29-17/h1-6,15-17,20H,7-10,26H2/p+1/t15-,16-,17?,20-/m0/s1. The van der Waals surface area contributed by atoms with Crippen LogP contribution in [0.4, 0.5) is 17.6 Å². The maximum Gasteiger partial charge on any atom is 0.252 e. The van der Waals surface area contributed by atoms with E-state index in [0.717, 1.165) is 6.07 Å². The van der Waals surface area contributed by atoms with E-state index in [1.807, 2.05) is 0 Å². The Morgan fingerprint density at radius 1 is 1.10 bits per heavy atom. The molecule has 2 saturated heterocycles. The lowest BCUT2D eigenvalue weighted by Gasteiger charge is -2.32. The van der Waals surface area contributed by atoms with Crippen LogP contribution >= 0.6 is 0 Å². The van der Waals surface area contributed by atoms with Crippen LogP contribution in [-0.2, 0) is 16.0 Å². The first-order valence-corrected chi connectivity index (χ1v) is 9.49. The van der Waals surface area contributed by atoms with Crippen LogP contribution in [0.3, 0.4) is 0 Å². The van der Waals surface area contributed by atoms with Crippen LogP contribution < -0.4 is 5.73 Å². The normalized spacial score (nSPS) is 26.4. The van der Waals surface area contributed by atoms with Gasteiger partial charge in [0.15, 0.2) is 17.8 Å². The van der Waals surface area contributed by atoms with Crippen LogP contribution in [0.25, 0.3) is 11.1 Å². The Balaban J connectivity index is 1.64. The number of hydrogen-bond donors (Lipinski definition) is 1. The number of carbonyl (C=O) groups is 1. The van der Waals surface area contributed by atoms with Gasteiger partial charge in [0.2, 0.25) is 0 Å². The molecule has 2 aromatic carbocycles. The Bertz CT molecular complexity index is 935. The van der Waals surface area contributed by atoms with E-state index in [2.05, 4.69) is 5.73 Å². The number of ether oxygens (including phenoxy) is 1. The summed E-state index contributed by atoms with van der Waals surface area (Å²) in [7, 11) is 0. The second kappa shape index (κ2) is 7.76. The number of alkyl halides is 1. The quantitative estimate of drug-likeness (QED) is 0.788. The average Bonchev–Trinajstić information content (AvgIpc) is 2.93. The fourth-order valence-corrected chi connectivity index (χ4v) is 3.94. The lowest BCUT2D eigenvalue weighted by atomic mass is 9.95. The Labute approximate surface area is 165 Å². The molecule has 29 heavy (non-hydrogen) atoms. The summed E-state index contributed by atoms with van der Waals surface area (Å²) in [5, 5.41) is 0. The van der Waals surface area contributed by atoms with Gasteiger partial charge in [0.25, 0.3) is 5.91 Å². The highest BCUT2D eigenvalue weighted by Crippen LogP contribution is 2.31. The zero-order valence-electron chi connectivity index (χ0n) is 15.6. The van der Waals surface area contributed by atoms with Crippen LogP contribution in [0.1, 0.15) is 12.0 Å². The summed E-state index contributed by atoms with van der Waals surface area (Å²) < 4.78 is 62.4. The number of carbonyl (C=O) groups excluding carboxylic acids is 1. The predicted molar refractivity (Wildman–Crippen MR) is 96.9 cm³/mol. The van der Waals surface area contributed by atoms with Gasteiger partial charge < -0.3 is 15.4 Å². The SMILES string of the molecule is [NH3+][C@H]1[C@@H](F)CN(C(=O)C2CCO2)[C@H]1Cc1cccc(-c2cccc(F)c2F)c1F. The van der Waals surface area contributed by atoms with Gasteiger partial charge in [-0.25, -0.2) is 17.6 Å². The van der Waals surface area contributed by atoms with Gasteiger partial charge in [-0.1, -0.05) is 30.3 Å². The average molecular weight is 409 g/mol. The molecule has 0 aliphatic carbocycles. The molecule has 0 saturated carbocycles. The zero-order chi connectivity index (χ0) is 20.7. The fourth-order valence-electron chi connectivity index (χ4n) is 3.94. The van der Waals surface area contributed by atoms with Gasteiger partial charge in [0, 0.05) is 24.0 Å². The van der Waals surface area contributed by atoms with Crippen LogP contribution in [0, 0.1) is 17.5 Å². The van der Waals surface area contributed by atoms with E-state index in [1.54, 1.807) is 0 Å². The number of rotatable bonds is 4. The first kappa shape index (κ1) is 19.8. The molecule has 2 aliphatic heterocycles. The van der Waals surface area contributed by atoms with Crippen molar-refractivity contribution in [1.82, 2.24) is 4.90 Å². The van der Waals surface area contributed by atoms with Crippen molar-refractivity contribution in [2.45, 2.75) is 37.2 Å².